The number of anilines is 1. The van der Waals surface area contributed by atoms with Gasteiger partial charge in [-0.15, -0.1) is 0 Å². The summed E-state index contributed by atoms with van der Waals surface area (Å²) in [6.07, 6.45) is -3.46. The van der Waals surface area contributed by atoms with E-state index in [2.05, 4.69) is 0 Å². The SMILES string of the molecule is CN1C(=O)CC(Cc2ccccc2)c2ccc(C(F)(F)F)cc21. The fourth-order valence-electron chi connectivity index (χ4n) is 3.03. The van der Waals surface area contributed by atoms with E-state index < -0.39 is 11.7 Å². The summed E-state index contributed by atoms with van der Waals surface area (Å²) in [5.74, 6) is -0.254. The van der Waals surface area contributed by atoms with E-state index >= 15 is 0 Å². The molecule has 0 saturated carbocycles. The summed E-state index contributed by atoms with van der Waals surface area (Å²) in [6.45, 7) is 0. The van der Waals surface area contributed by atoms with Crippen LogP contribution in [0.5, 0.6) is 0 Å². The van der Waals surface area contributed by atoms with Crippen molar-refractivity contribution < 1.29 is 18.0 Å². The van der Waals surface area contributed by atoms with Crippen LogP contribution in [0.2, 0.25) is 0 Å². The summed E-state index contributed by atoms with van der Waals surface area (Å²) in [5, 5.41) is 0. The minimum absolute atomic E-state index is 0.0987. The van der Waals surface area contributed by atoms with Crippen LogP contribution in [0.4, 0.5) is 18.9 Å². The van der Waals surface area contributed by atoms with E-state index in [9.17, 15) is 18.0 Å². The van der Waals surface area contributed by atoms with Crippen molar-refractivity contribution in [3.05, 3.63) is 65.2 Å². The first-order valence-electron chi connectivity index (χ1n) is 7.38. The predicted molar refractivity (Wildman–Crippen MR) is 82.4 cm³/mol. The molecule has 0 aliphatic carbocycles. The lowest BCUT2D eigenvalue weighted by atomic mass is 9.84. The first kappa shape index (κ1) is 15.6. The molecule has 1 amide bonds. The minimum atomic E-state index is -4.41. The van der Waals surface area contributed by atoms with Crippen molar-refractivity contribution in [2.24, 2.45) is 0 Å². The van der Waals surface area contributed by atoms with E-state index in [4.69, 9.17) is 0 Å². The lowest BCUT2D eigenvalue weighted by molar-refractivity contribution is -0.137. The number of halogens is 3. The van der Waals surface area contributed by atoms with Crippen LogP contribution >= 0.6 is 0 Å². The van der Waals surface area contributed by atoms with Crippen LogP contribution in [0.15, 0.2) is 48.5 Å². The number of rotatable bonds is 2. The Morgan fingerprint density at radius 1 is 1.13 bits per heavy atom. The van der Waals surface area contributed by atoms with Crippen molar-refractivity contribution in [3.63, 3.8) is 0 Å². The van der Waals surface area contributed by atoms with Crippen molar-refractivity contribution in [1.29, 1.82) is 0 Å². The third kappa shape index (κ3) is 3.09. The highest BCUT2D eigenvalue weighted by Gasteiger charge is 2.35. The maximum atomic E-state index is 12.9. The maximum absolute atomic E-state index is 12.9. The summed E-state index contributed by atoms with van der Waals surface area (Å²) < 4.78 is 38.8. The number of nitrogens with zero attached hydrogens (tertiary/aromatic N) is 1. The normalized spacial score (nSPS) is 18.0. The van der Waals surface area contributed by atoms with Crippen LogP contribution in [0.1, 0.15) is 29.0 Å². The molecular weight excluding hydrogens is 303 g/mol. The van der Waals surface area contributed by atoms with Gasteiger partial charge in [-0.2, -0.15) is 13.2 Å². The number of hydrogen-bond donors (Lipinski definition) is 0. The Morgan fingerprint density at radius 2 is 1.83 bits per heavy atom. The number of amides is 1. The fraction of sp³-hybridized carbons (Fsp3) is 0.278. The van der Waals surface area contributed by atoms with Gasteiger partial charge in [-0.3, -0.25) is 4.79 Å². The standard InChI is InChI=1S/C18H16F3NO/c1-22-16-11-14(18(19,20)21)7-8-15(16)13(10-17(22)23)9-12-5-3-2-4-6-12/h2-8,11,13H,9-10H2,1H3. The average molecular weight is 319 g/mol. The molecular formula is C18H16F3NO. The second-order valence-electron chi connectivity index (χ2n) is 5.81. The highest BCUT2D eigenvalue weighted by molar-refractivity contribution is 5.96. The van der Waals surface area contributed by atoms with Crippen LogP contribution in [0, 0.1) is 0 Å². The summed E-state index contributed by atoms with van der Waals surface area (Å²) in [6, 6.07) is 13.4. The van der Waals surface area contributed by atoms with Gasteiger partial charge in [0, 0.05) is 19.2 Å². The van der Waals surface area contributed by atoms with Crippen LogP contribution < -0.4 is 4.90 Å². The van der Waals surface area contributed by atoms with E-state index in [1.54, 1.807) is 0 Å². The van der Waals surface area contributed by atoms with E-state index in [-0.39, 0.29) is 11.8 Å². The summed E-state index contributed by atoms with van der Waals surface area (Å²) in [7, 11) is 1.53. The quantitative estimate of drug-likeness (QED) is 0.803. The van der Waals surface area contributed by atoms with Gasteiger partial charge in [-0.1, -0.05) is 36.4 Å². The molecule has 2 aromatic rings. The van der Waals surface area contributed by atoms with E-state index in [1.807, 2.05) is 30.3 Å². The van der Waals surface area contributed by atoms with Crippen molar-refractivity contribution in [2.75, 3.05) is 11.9 Å². The van der Waals surface area contributed by atoms with Gasteiger partial charge in [0.05, 0.1) is 5.56 Å². The molecule has 1 unspecified atom stereocenters. The number of fused-ring (bicyclic) bond motifs is 1. The van der Waals surface area contributed by atoms with Gasteiger partial charge in [0.2, 0.25) is 5.91 Å². The van der Waals surface area contributed by atoms with E-state index in [1.165, 1.54) is 18.0 Å². The Hall–Kier alpha value is -2.30. The van der Waals surface area contributed by atoms with Crippen LogP contribution in [0.3, 0.4) is 0 Å². The van der Waals surface area contributed by atoms with Crippen molar-refractivity contribution in [3.8, 4) is 0 Å². The zero-order chi connectivity index (χ0) is 16.6. The third-order valence-electron chi connectivity index (χ3n) is 4.28. The highest BCUT2D eigenvalue weighted by atomic mass is 19.4. The second kappa shape index (κ2) is 5.72. The molecule has 23 heavy (non-hydrogen) atoms. The Balaban J connectivity index is 2.00. The highest BCUT2D eigenvalue weighted by Crippen LogP contribution is 2.40. The largest absolute Gasteiger partial charge is 0.416 e. The van der Waals surface area contributed by atoms with Gasteiger partial charge in [0.1, 0.15) is 0 Å². The van der Waals surface area contributed by atoms with Gasteiger partial charge < -0.3 is 4.90 Å². The third-order valence-corrected chi connectivity index (χ3v) is 4.28. The van der Waals surface area contributed by atoms with Crippen LogP contribution in [0.25, 0.3) is 0 Å². The van der Waals surface area contributed by atoms with E-state index in [0.29, 0.717) is 18.5 Å². The first-order chi connectivity index (χ1) is 10.9. The molecule has 2 nitrogen and oxygen atoms in total. The smallest absolute Gasteiger partial charge is 0.315 e. The Labute approximate surface area is 132 Å². The maximum Gasteiger partial charge on any atom is 0.416 e. The van der Waals surface area contributed by atoms with E-state index in [0.717, 1.165) is 23.3 Å². The molecule has 0 saturated heterocycles. The minimum Gasteiger partial charge on any atom is -0.315 e. The zero-order valence-electron chi connectivity index (χ0n) is 12.6. The molecule has 0 N–H and O–H groups in total. The molecule has 1 aliphatic rings. The molecule has 0 fully saturated rings. The van der Waals surface area contributed by atoms with Crippen molar-refractivity contribution in [2.45, 2.75) is 24.9 Å². The van der Waals surface area contributed by atoms with Crippen molar-refractivity contribution in [1.82, 2.24) is 0 Å². The first-order valence-corrected chi connectivity index (χ1v) is 7.38. The Kier molecular flexibility index (Phi) is 3.88. The molecule has 120 valence electrons. The molecule has 5 heteroatoms. The topological polar surface area (TPSA) is 20.3 Å². The van der Waals surface area contributed by atoms with Crippen LogP contribution in [-0.4, -0.2) is 13.0 Å². The molecule has 0 bridgehead atoms. The number of alkyl halides is 3. The predicted octanol–water partition coefficient (Wildman–Crippen LogP) is 4.40. The number of hydrogen-bond acceptors (Lipinski definition) is 1. The zero-order valence-corrected chi connectivity index (χ0v) is 12.6. The van der Waals surface area contributed by atoms with Gasteiger partial charge in [0.15, 0.2) is 0 Å². The molecule has 1 aliphatic heterocycles. The molecule has 0 radical (unpaired) electrons. The Bertz CT molecular complexity index is 725. The van der Waals surface area contributed by atoms with Gasteiger partial charge in [-0.25, -0.2) is 0 Å². The average Bonchev–Trinajstić information content (AvgIpc) is 2.52. The summed E-state index contributed by atoms with van der Waals surface area (Å²) in [5.41, 5.74) is 1.50. The number of benzene rings is 2. The van der Waals surface area contributed by atoms with Gasteiger partial charge in [-0.05, 0) is 35.6 Å². The monoisotopic (exact) mass is 319 g/mol. The van der Waals surface area contributed by atoms with Crippen LogP contribution in [-0.2, 0) is 17.4 Å². The second-order valence-corrected chi connectivity index (χ2v) is 5.81. The molecule has 2 aromatic carbocycles. The Morgan fingerprint density at radius 3 is 2.48 bits per heavy atom. The molecule has 1 atom stereocenters. The van der Waals surface area contributed by atoms with Crippen molar-refractivity contribution >= 4 is 11.6 Å². The summed E-state index contributed by atoms with van der Waals surface area (Å²) in [4.78, 5) is 13.5. The molecule has 0 aromatic heterocycles. The molecule has 3 rings (SSSR count). The lowest BCUT2D eigenvalue weighted by Gasteiger charge is -2.32. The lowest BCUT2D eigenvalue weighted by Crippen LogP contribution is -2.34. The van der Waals surface area contributed by atoms with Gasteiger partial charge in [0.25, 0.3) is 0 Å². The molecule has 1 heterocycles. The summed E-state index contributed by atoms with van der Waals surface area (Å²) >= 11 is 0. The fourth-order valence-corrected chi connectivity index (χ4v) is 3.03. The van der Waals surface area contributed by atoms with Gasteiger partial charge >= 0.3 is 6.18 Å². The number of carbonyl (C=O) groups is 1. The molecule has 0 spiro atoms. The number of carbonyl (C=O) groups excluding carboxylic acids is 1.